The fourth-order valence-corrected chi connectivity index (χ4v) is 7.20. The molecule has 4 aliphatic rings. The van der Waals surface area contributed by atoms with Crippen LogP contribution in [-0.2, 0) is 0 Å². The van der Waals surface area contributed by atoms with E-state index in [-0.39, 0.29) is 29.7 Å². The van der Waals surface area contributed by atoms with E-state index in [0.717, 1.165) is 66.0 Å². The summed E-state index contributed by atoms with van der Waals surface area (Å²) in [6.45, 7) is 0.465. The summed E-state index contributed by atoms with van der Waals surface area (Å²) in [5, 5.41) is 0. The third-order valence-corrected chi connectivity index (χ3v) is 9.52. The minimum absolute atomic E-state index is 0.0193. The highest BCUT2D eigenvalue weighted by Crippen LogP contribution is 2.40. The zero-order valence-corrected chi connectivity index (χ0v) is 24.3. The number of imide groups is 1. The van der Waals surface area contributed by atoms with Crippen LogP contribution in [0.1, 0.15) is 75.8 Å². The summed E-state index contributed by atoms with van der Waals surface area (Å²) in [6, 6.07) is 17.4. The molecule has 2 aliphatic heterocycles. The Hall–Kier alpha value is -5.11. The first-order valence-electron chi connectivity index (χ1n) is 15.3. The number of allylic oxidation sites excluding steroid dienone is 3. The summed E-state index contributed by atoms with van der Waals surface area (Å²) < 4.78 is 2.12. The molecular weight excluding hydrogens is 548 g/mol. The highest BCUT2D eigenvalue weighted by atomic mass is 16.2. The van der Waals surface area contributed by atoms with Crippen LogP contribution in [0.2, 0.25) is 0 Å². The number of hydrogen-bond donors (Lipinski definition) is 1. The van der Waals surface area contributed by atoms with Crippen molar-refractivity contribution >= 4 is 34.4 Å². The molecule has 4 heterocycles. The summed E-state index contributed by atoms with van der Waals surface area (Å²) in [6.07, 6.45) is 16.7. The topological polar surface area (TPSA) is 106 Å². The second-order valence-electron chi connectivity index (χ2n) is 12.1. The molecule has 2 N–H and O–H groups in total. The number of hydrogen-bond acceptors (Lipinski definition) is 6. The number of rotatable bonds is 5. The van der Waals surface area contributed by atoms with Crippen LogP contribution in [0.5, 0.6) is 0 Å². The molecule has 2 aromatic heterocycles. The molecule has 1 saturated carbocycles. The van der Waals surface area contributed by atoms with Crippen molar-refractivity contribution in [2.24, 2.45) is 10.9 Å². The normalized spacial score (nSPS) is 22.9. The third-order valence-electron chi connectivity index (χ3n) is 9.52. The van der Waals surface area contributed by atoms with Crippen LogP contribution < -0.4 is 5.73 Å². The van der Waals surface area contributed by atoms with Crippen molar-refractivity contribution in [2.45, 2.75) is 44.1 Å². The molecule has 0 saturated heterocycles. The highest BCUT2D eigenvalue weighted by molar-refractivity contribution is 6.21. The van der Waals surface area contributed by atoms with E-state index in [0.29, 0.717) is 23.5 Å². The number of anilines is 1. The average Bonchev–Trinajstić information content (AvgIpc) is 3.58. The summed E-state index contributed by atoms with van der Waals surface area (Å²) >= 11 is 0. The van der Waals surface area contributed by atoms with E-state index in [1.807, 2.05) is 36.5 Å². The number of imidazole rings is 1. The molecule has 8 heteroatoms. The van der Waals surface area contributed by atoms with E-state index in [1.54, 1.807) is 18.3 Å². The molecule has 8 nitrogen and oxygen atoms in total. The highest BCUT2D eigenvalue weighted by Gasteiger charge is 2.38. The molecule has 0 bridgehead atoms. The van der Waals surface area contributed by atoms with Crippen molar-refractivity contribution in [2.75, 3.05) is 12.3 Å². The van der Waals surface area contributed by atoms with Crippen molar-refractivity contribution in [1.29, 1.82) is 0 Å². The Morgan fingerprint density at radius 1 is 0.864 bits per heavy atom. The van der Waals surface area contributed by atoms with Crippen LogP contribution in [0.4, 0.5) is 5.82 Å². The Balaban J connectivity index is 1.03. The molecule has 218 valence electrons. The first kappa shape index (κ1) is 26.5. The van der Waals surface area contributed by atoms with E-state index in [1.165, 1.54) is 10.5 Å². The van der Waals surface area contributed by atoms with Crippen molar-refractivity contribution in [1.82, 2.24) is 19.3 Å². The molecule has 2 aliphatic carbocycles. The van der Waals surface area contributed by atoms with Crippen molar-refractivity contribution < 1.29 is 9.59 Å². The van der Waals surface area contributed by atoms with Crippen LogP contribution in [0.15, 0.2) is 102 Å². The van der Waals surface area contributed by atoms with E-state index in [2.05, 4.69) is 45.8 Å². The van der Waals surface area contributed by atoms with E-state index >= 15 is 0 Å². The van der Waals surface area contributed by atoms with Crippen LogP contribution in [0, 0.1) is 5.92 Å². The first-order chi connectivity index (χ1) is 21.5. The van der Waals surface area contributed by atoms with Crippen molar-refractivity contribution in [3.63, 3.8) is 0 Å². The second-order valence-corrected chi connectivity index (χ2v) is 12.1. The molecule has 44 heavy (non-hydrogen) atoms. The number of carbonyl (C=O) groups is 2. The van der Waals surface area contributed by atoms with Gasteiger partial charge in [-0.05, 0) is 66.5 Å². The fourth-order valence-electron chi connectivity index (χ4n) is 7.20. The molecule has 1 fully saturated rings. The van der Waals surface area contributed by atoms with Gasteiger partial charge < -0.3 is 5.73 Å². The first-order valence-corrected chi connectivity index (χ1v) is 15.3. The Bertz CT molecular complexity index is 1910. The number of amides is 2. The molecule has 2 amide bonds. The number of dihydropyridines is 1. The molecule has 0 spiro atoms. The summed E-state index contributed by atoms with van der Waals surface area (Å²) in [5.74, 6) is 1.63. The summed E-state index contributed by atoms with van der Waals surface area (Å²) in [7, 11) is 0. The van der Waals surface area contributed by atoms with Crippen LogP contribution in [0.3, 0.4) is 0 Å². The van der Waals surface area contributed by atoms with Gasteiger partial charge in [0, 0.05) is 31.3 Å². The fraction of sp³-hybridized carbons (Fsp3) is 0.250. The standard InChI is InChI=1S/C36H32N6O2/c37-33-32-31(26-15-14-24-16-17-29(39-30(24)20-26)23-6-2-1-3-7-23)40-34(41(32)19-18-38-33)25-12-10-22(11-13-25)21-42-35(43)27-8-4-5-9-28(27)36(42)44/h1-9,14-19,22,25,30H,10-13,20-21H2,(H2,37,38). The summed E-state index contributed by atoms with van der Waals surface area (Å²) in [4.78, 5) is 42.1. The maximum atomic E-state index is 12.9. The molecule has 1 atom stereocenters. The van der Waals surface area contributed by atoms with Gasteiger partial charge in [-0.2, -0.15) is 0 Å². The number of aliphatic imine (C=N–C) groups is 1. The number of nitrogens with two attached hydrogens (primary N) is 1. The average molecular weight is 581 g/mol. The van der Waals surface area contributed by atoms with Gasteiger partial charge in [0.1, 0.15) is 17.2 Å². The number of fused-ring (bicyclic) bond motifs is 3. The lowest BCUT2D eigenvalue weighted by Crippen LogP contribution is -2.35. The third kappa shape index (κ3) is 4.40. The molecule has 8 rings (SSSR count). The van der Waals surface area contributed by atoms with E-state index < -0.39 is 0 Å². The second kappa shape index (κ2) is 10.6. The minimum atomic E-state index is -0.175. The molecule has 4 aromatic rings. The Morgan fingerprint density at radius 2 is 1.59 bits per heavy atom. The minimum Gasteiger partial charge on any atom is -0.382 e. The zero-order valence-electron chi connectivity index (χ0n) is 24.3. The van der Waals surface area contributed by atoms with Gasteiger partial charge in [0.15, 0.2) is 0 Å². The monoisotopic (exact) mass is 580 g/mol. The largest absolute Gasteiger partial charge is 0.382 e. The van der Waals surface area contributed by atoms with Crippen LogP contribution in [-0.4, -0.2) is 49.4 Å². The number of aromatic nitrogens is 3. The predicted octanol–water partition coefficient (Wildman–Crippen LogP) is 6.02. The Labute approximate surface area is 255 Å². The maximum absolute atomic E-state index is 12.9. The quantitative estimate of drug-likeness (QED) is 0.291. The van der Waals surface area contributed by atoms with Gasteiger partial charge >= 0.3 is 0 Å². The molecule has 1 unspecified atom stereocenters. The van der Waals surface area contributed by atoms with Gasteiger partial charge in [-0.25, -0.2) is 9.97 Å². The number of nitrogen functional groups attached to an aromatic ring is 1. The lowest BCUT2D eigenvalue weighted by atomic mass is 9.81. The van der Waals surface area contributed by atoms with Gasteiger partial charge in [-0.1, -0.05) is 60.7 Å². The van der Waals surface area contributed by atoms with E-state index in [4.69, 9.17) is 15.7 Å². The van der Waals surface area contributed by atoms with Gasteiger partial charge in [-0.15, -0.1) is 0 Å². The lowest BCUT2D eigenvalue weighted by molar-refractivity contribution is 0.0614. The Morgan fingerprint density at radius 3 is 2.34 bits per heavy atom. The van der Waals surface area contributed by atoms with Crippen LogP contribution >= 0.6 is 0 Å². The smallest absolute Gasteiger partial charge is 0.261 e. The van der Waals surface area contributed by atoms with E-state index in [9.17, 15) is 9.59 Å². The zero-order chi connectivity index (χ0) is 29.8. The SMILES string of the molecule is Nc1nccn2c(C3CCC(CN4C(=O)c5ccccc5C4=O)CC3)nc(C3=CC=C4C=CC(c5ccccc5)=NC4C3)c12. The molecule has 0 radical (unpaired) electrons. The number of nitrogens with zero attached hydrogens (tertiary/aromatic N) is 5. The molecule has 2 aromatic carbocycles. The van der Waals surface area contributed by atoms with Gasteiger partial charge in [-0.3, -0.25) is 23.9 Å². The molecular formula is C36H32N6O2. The predicted molar refractivity (Wildman–Crippen MR) is 170 cm³/mol. The lowest BCUT2D eigenvalue weighted by Gasteiger charge is -2.30. The maximum Gasteiger partial charge on any atom is 0.261 e. The van der Waals surface area contributed by atoms with Crippen molar-refractivity contribution in [3.8, 4) is 0 Å². The van der Waals surface area contributed by atoms with Crippen molar-refractivity contribution in [3.05, 3.63) is 125 Å². The van der Waals surface area contributed by atoms with Gasteiger partial charge in [0.2, 0.25) is 0 Å². The number of benzene rings is 2. The summed E-state index contributed by atoms with van der Waals surface area (Å²) in [5.41, 5.74) is 13.6. The Kier molecular flexibility index (Phi) is 6.36. The van der Waals surface area contributed by atoms with Crippen LogP contribution in [0.25, 0.3) is 11.1 Å². The van der Waals surface area contributed by atoms with Gasteiger partial charge in [0.25, 0.3) is 11.8 Å². The van der Waals surface area contributed by atoms with Gasteiger partial charge in [0.05, 0.1) is 28.6 Å². The number of carbonyl (C=O) groups excluding carboxylic acids is 2.